The van der Waals surface area contributed by atoms with Gasteiger partial charge in [0.1, 0.15) is 0 Å². The van der Waals surface area contributed by atoms with Gasteiger partial charge in [0.05, 0.1) is 35.4 Å². The van der Waals surface area contributed by atoms with E-state index in [4.69, 9.17) is 5.73 Å². The molecule has 6 heteroatoms. The van der Waals surface area contributed by atoms with Gasteiger partial charge in [-0.3, -0.25) is 5.73 Å². The summed E-state index contributed by atoms with van der Waals surface area (Å²) in [6, 6.07) is 19.2. The summed E-state index contributed by atoms with van der Waals surface area (Å²) < 4.78 is 1.85. The van der Waals surface area contributed by atoms with E-state index in [1.165, 1.54) is 0 Å². The molecule has 0 amide bonds. The first-order valence-corrected chi connectivity index (χ1v) is 9.69. The molecule has 2 aromatic heterocycles. The van der Waals surface area contributed by atoms with Crippen LogP contribution in [0.4, 0.5) is 0 Å². The van der Waals surface area contributed by atoms with Gasteiger partial charge in [-0.15, -0.1) is 0 Å². The molecule has 1 unspecified atom stereocenters. The molecule has 148 valence electrons. The zero-order valence-electron chi connectivity index (χ0n) is 16.3. The highest BCUT2D eigenvalue weighted by Crippen LogP contribution is 2.27. The summed E-state index contributed by atoms with van der Waals surface area (Å²) in [6.45, 7) is 1.96. The summed E-state index contributed by atoms with van der Waals surface area (Å²) in [5, 5.41) is 25.5. The molecular weight excluding hydrogens is 364 g/mol. The average molecular weight is 388 g/mol. The van der Waals surface area contributed by atoms with Crippen LogP contribution in [-0.4, -0.2) is 25.0 Å². The minimum atomic E-state index is -1.44. The van der Waals surface area contributed by atoms with Gasteiger partial charge in [0.15, 0.2) is 5.72 Å². The molecule has 0 spiro atoms. The molecule has 0 aliphatic heterocycles. The van der Waals surface area contributed by atoms with Gasteiger partial charge in [-0.2, -0.15) is 5.10 Å². The number of nitrogens with two attached hydrogens (primary N) is 1. The third-order valence-corrected chi connectivity index (χ3v) is 5.03. The number of aliphatic hydroxyl groups excluding tert-OH is 1. The van der Waals surface area contributed by atoms with Gasteiger partial charge in [-0.05, 0) is 42.3 Å². The largest absolute Gasteiger partial charge is 0.392 e. The number of benzene rings is 2. The molecule has 0 bridgehead atoms. The van der Waals surface area contributed by atoms with Crippen molar-refractivity contribution in [1.82, 2.24) is 14.8 Å². The van der Waals surface area contributed by atoms with Gasteiger partial charge in [-0.1, -0.05) is 43.7 Å². The molecule has 0 radical (unpaired) electrons. The van der Waals surface area contributed by atoms with Crippen molar-refractivity contribution in [2.45, 2.75) is 32.1 Å². The predicted octanol–water partition coefficient (Wildman–Crippen LogP) is 3.48. The summed E-state index contributed by atoms with van der Waals surface area (Å²) >= 11 is 0. The molecule has 2 heterocycles. The van der Waals surface area contributed by atoms with Gasteiger partial charge >= 0.3 is 0 Å². The van der Waals surface area contributed by atoms with Crippen molar-refractivity contribution in [3.63, 3.8) is 0 Å². The first kappa shape index (κ1) is 19.3. The fraction of sp³-hybridized carbons (Fsp3) is 0.217. The van der Waals surface area contributed by atoms with Gasteiger partial charge in [0, 0.05) is 10.9 Å². The van der Waals surface area contributed by atoms with Gasteiger partial charge in [0.2, 0.25) is 0 Å². The number of aliphatic hydroxyl groups is 2. The fourth-order valence-corrected chi connectivity index (χ4v) is 3.52. The van der Waals surface area contributed by atoms with Gasteiger partial charge < -0.3 is 10.2 Å². The Morgan fingerprint density at radius 2 is 1.90 bits per heavy atom. The van der Waals surface area contributed by atoms with Crippen molar-refractivity contribution in [1.29, 1.82) is 0 Å². The molecule has 1 atom stereocenters. The topological polar surface area (TPSA) is 97.2 Å². The summed E-state index contributed by atoms with van der Waals surface area (Å²) in [5.74, 6) is 0. The van der Waals surface area contributed by atoms with Crippen LogP contribution in [0, 0.1) is 0 Å². The van der Waals surface area contributed by atoms with Crippen LogP contribution in [0.5, 0.6) is 0 Å². The van der Waals surface area contributed by atoms with Crippen LogP contribution in [0.2, 0.25) is 0 Å². The first-order valence-electron chi connectivity index (χ1n) is 9.69. The van der Waals surface area contributed by atoms with Crippen molar-refractivity contribution in [3.8, 4) is 16.9 Å². The average Bonchev–Trinajstić information content (AvgIpc) is 3.17. The van der Waals surface area contributed by atoms with Crippen LogP contribution in [-0.2, 0) is 12.3 Å². The maximum absolute atomic E-state index is 10.5. The molecule has 0 saturated carbocycles. The second-order valence-electron chi connectivity index (χ2n) is 7.24. The van der Waals surface area contributed by atoms with E-state index >= 15 is 0 Å². The first-order chi connectivity index (χ1) is 14.0. The third-order valence-electron chi connectivity index (χ3n) is 5.03. The number of hydrogen-bond acceptors (Lipinski definition) is 5. The van der Waals surface area contributed by atoms with E-state index in [1.807, 2.05) is 72.4 Å². The number of hydrogen-bond donors (Lipinski definition) is 3. The molecule has 4 rings (SSSR count). The van der Waals surface area contributed by atoms with Crippen LogP contribution in [0.15, 0.2) is 66.9 Å². The van der Waals surface area contributed by atoms with Crippen LogP contribution >= 0.6 is 0 Å². The summed E-state index contributed by atoms with van der Waals surface area (Å²) in [5.41, 5.74) is 9.36. The van der Waals surface area contributed by atoms with E-state index in [0.29, 0.717) is 12.1 Å². The third kappa shape index (κ3) is 3.78. The van der Waals surface area contributed by atoms with E-state index in [-0.39, 0.29) is 6.61 Å². The van der Waals surface area contributed by atoms with Gasteiger partial charge in [-0.25, -0.2) is 9.67 Å². The van der Waals surface area contributed by atoms with Crippen molar-refractivity contribution in [3.05, 3.63) is 78.1 Å². The summed E-state index contributed by atoms with van der Waals surface area (Å²) in [4.78, 5) is 4.62. The highest BCUT2D eigenvalue weighted by molar-refractivity contribution is 5.85. The molecule has 0 aliphatic carbocycles. The monoisotopic (exact) mass is 388 g/mol. The highest BCUT2D eigenvalue weighted by Gasteiger charge is 2.24. The van der Waals surface area contributed by atoms with Crippen LogP contribution < -0.4 is 5.73 Å². The maximum atomic E-state index is 10.5. The Labute approximate surface area is 169 Å². The standard InChI is InChI=1S/C23H24N4O2/c1-2-11-23(24,29)22-8-4-7-20(26-22)17-9-10-18-14-25-27(21(18)13-17)19-6-3-5-16(12-19)15-28/h3-10,12-14,28-29H,2,11,15,24H2,1H3. The Kier molecular flexibility index (Phi) is 5.15. The molecule has 2 aromatic carbocycles. The van der Waals surface area contributed by atoms with E-state index in [1.54, 1.807) is 6.07 Å². The second kappa shape index (κ2) is 7.75. The zero-order chi connectivity index (χ0) is 20.4. The molecule has 6 nitrogen and oxygen atoms in total. The summed E-state index contributed by atoms with van der Waals surface area (Å²) in [6.07, 6.45) is 3.02. The Bertz CT molecular complexity index is 1150. The fourth-order valence-electron chi connectivity index (χ4n) is 3.52. The van der Waals surface area contributed by atoms with E-state index in [2.05, 4.69) is 10.1 Å². The molecule has 4 N–H and O–H groups in total. The number of rotatable bonds is 6. The molecule has 0 fully saturated rings. The van der Waals surface area contributed by atoms with Crippen molar-refractivity contribution >= 4 is 10.9 Å². The lowest BCUT2D eigenvalue weighted by molar-refractivity contribution is 0.0292. The number of fused-ring (bicyclic) bond motifs is 1. The molecule has 0 aliphatic rings. The van der Waals surface area contributed by atoms with E-state index < -0.39 is 5.72 Å². The van der Waals surface area contributed by atoms with Crippen LogP contribution in [0.1, 0.15) is 31.0 Å². The maximum Gasteiger partial charge on any atom is 0.156 e. The van der Waals surface area contributed by atoms with Gasteiger partial charge in [0.25, 0.3) is 0 Å². The lowest BCUT2D eigenvalue weighted by Gasteiger charge is -2.22. The molecule has 29 heavy (non-hydrogen) atoms. The molecule has 4 aromatic rings. The number of aromatic nitrogens is 3. The Morgan fingerprint density at radius 1 is 1.07 bits per heavy atom. The summed E-state index contributed by atoms with van der Waals surface area (Å²) in [7, 11) is 0. The van der Waals surface area contributed by atoms with Crippen LogP contribution in [0.3, 0.4) is 0 Å². The molecular formula is C23H24N4O2. The normalized spacial score (nSPS) is 13.5. The number of nitrogens with zero attached hydrogens (tertiary/aromatic N) is 3. The number of pyridine rings is 1. The predicted molar refractivity (Wildman–Crippen MR) is 113 cm³/mol. The SMILES string of the molecule is CCCC(N)(O)c1cccc(-c2ccc3cnn(-c4cccc(CO)c4)c3c2)n1. The second-order valence-corrected chi connectivity index (χ2v) is 7.24. The smallest absolute Gasteiger partial charge is 0.156 e. The Morgan fingerprint density at radius 3 is 2.69 bits per heavy atom. The van der Waals surface area contributed by atoms with Crippen LogP contribution in [0.25, 0.3) is 27.8 Å². The minimum absolute atomic E-state index is 0.0191. The van der Waals surface area contributed by atoms with E-state index in [9.17, 15) is 10.2 Å². The lowest BCUT2D eigenvalue weighted by Crippen LogP contribution is -2.37. The lowest BCUT2D eigenvalue weighted by atomic mass is 10.0. The molecule has 0 saturated heterocycles. The quantitative estimate of drug-likeness (QED) is 0.439. The van der Waals surface area contributed by atoms with Crippen molar-refractivity contribution in [2.75, 3.05) is 0 Å². The Hall–Kier alpha value is -3.06. The minimum Gasteiger partial charge on any atom is -0.392 e. The Balaban J connectivity index is 1.78. The zero-order valence-corrected chi connectivity index (χ0v) is 16.3. The van der Waals surface area contributed by atoms with Crippen molar-refractivity contribution in [2.24, 2.45) is 5.73 Å². The van der Waals surface area contributed by atoms with E-state index in [0.717, 1.165) is 39.8 Å². The van der Waals surface area contributed by atoms with Crippen molar-refractivity contribution < 1.29 is 10.2 Å². The highest BCUT2D eigenvalue weighted by atomic mass is 16.3.